The van der Waals surface area contributed by atoms with Crippen molar-refractivity contribution in [3.8, 4) is 0 Å². The summed E-state index contributed by atoms with van der Waals surface area (Å²) in [4.78, 5) is 0. The first-order valence-corrected chi connectivity index (χ1v) is 6.39. The molecule has 1 saturated carbocycles. The Labute approximate surface area is 106 Å². The minimum Gasteiger partial charge on any atom is -0.249 e. The molecule has 2 nitrogen and oxygen atoms in total. The third kappa shape index (κ3) is 2.37. The largest absolute Gasteiger partial charge is 0.249 e. The molecular formula is C14H15ClN2. The Hall–Kier alpha value is -1.28. The SMILES string of the molecule is Cc1cccc(Cn2nc(C3CC3)cc2Cl)c1. The van der Waals surface area contributed by atoms with Gasteiger partial charge in [-0.25, -0.2) is 4.68 Å². The van der Waals surface area contributed by atoms with Crippen molar-refractivity contribution in [2.75, 3.05) is 0 Å². The monoisotopic (exact) mass is 246 g/mol. The van der Waals surface area contributed by atoms with Crippen molar-refractivity contribution in [3.05, 3.63) is 52.3 Å². The van der Waals surface area contributed by atoms with Crippen LogP contribution >= 0.6 is 11.6 Å². The van der Waals surface area contributed by atoms with Crippen molar-refractivity contribution >= 4 is 11.6 Å². The molecule has 17 heavy (non-hydrogen) atoms. The molecule has 0 N–H and O–H groups in total. The number of hydrogen-bond donors (Lipinski definition) is 0. The summed E-state index contributed by atoms with van der Waals surface area (Å²) in [6.07, 6.45) is 2.52. The quantitative estimate of drug-likeness (QED) is 0.806. The van der Waals surface area contributed by atoms with E-state index in [1.165, 1.54) is 24.0 Å². The van der Waals surface area contributed by atoms with Gasteiger partial charge in [0.1, 0.15) is 5.15 Å². The Balaban J connectivity index is 1.84. The van der Waals surface area contributed by atoms with E-state index in [1.54, 1.807) is 0 Å². The molecule has 1 aromatic heterocycles. The third-order valence-electron chi connectivity index (χ3n) is 3.16. The van der Waals surface area contributed by atoms with Gasteiger partial charge in [-0.05, 0) is 31.4 Å². The van der Waals surface area contributed by atoms with Crippen LogP contribution in [0.25, 0.3) is 0 Å². The molecule has 88 valence electrons. The number of halogens is 1. The molecule has 0 bridgehead atoms. The lowest BCUT2D eigenvalue weighted by Gasteiger charge is -2.04. The number of rotatable bonds is 3. The van der Waals surface area contributed by atoms with Gasteiger partial charge >= 0.3 is 0 Å². The normalized spacial score (nSPS) is 15.2. The fraction of sp³-hybridized carbons (Fsp3) is 0.357. The highest BCUT2D eigenvalue weighted by atomic mass is 35.5. The van der Waals surface area contributed by atoms with E-state index in [9.17, 15) is 0 Å². The standard InChI is InChI=1S/C14H15ClN2/c1-10-3-2-4-11(7-10)9-17-14(15)8-13(16-17)12-5-6-12/h2-4,7-8,12H,5-6,9H2,1H3. The van der Waals surface area contributed by atoms with Crippen LogP contribution in [-0.2, 0) is 6.54 Å². The van der Waals surface area contributed by atoms with Gasteiger partial charge in [-0.3, -0.25) is 0 Å². The Morgan fingerprint density at radius 1 is 1.35 bits per heavy atom. The summed E-state index contributed by atoms with van der Waals surface area (Å²) in [5, 5.41) is 5.33. The number of nitrogens with zero attached hydrogens (tertiary/aromatic N) is 2. The van der Waals surface area contributed by atoms with Gasteiger partial charge in [-0.2, -0.15) is 5.10 Å². The minimum atomic E-state index is 0.659. The minimum absolute atomic E-state index is 0.659. The zero-order chi connectivity index (χ0) is 11.8. The van der Waals surface area contributed by atoms with E-state index in [0.717, 1.165) is 17.4 Å². The lowest BCUT2D eigenvalue weighted by molar-refractivity contribution is 0.673. The van der Waals surface area contributed by atoms with Gasteiger partial charge in [-0.1, -0.05) is 41.4 Å². The van der Waals surface area contributed by atoms with E-state index >= 15 is 0 Å². The van der Waals surface area contributed by atoms with Crippen molar-refractivity contribution in [2.24, 2.45) is 0 Å². The van der Waals surface area contributed by atoms with E-state index in [-0.39, 0.29) is 0 Å². The summed E-state index contributed by atoms with van der Waals surface area (Å²) in [6, 6.07) is 10.5. The first-order chi connectivity index (χ1) is 8.22. The smallest absolute Gasteiger partial charge is 0.127 e. The molecule has 0 spiro atoms. The van der Waals surface area contributed by atoms with Gasteiger partial charge in [0, 0.05) is 5.92 Å². The van der Waals surface area contributed by atoms with Crippen molar-refractivity contribution in [1.82, 2.24) is 9.78 Å². The van der Waals surface area contributed by atoms with Crippen LogP contribution in [-0.4, -0.2) is 9.78 Å². The number of aromatic nitrogens is 2. The zero-order valence-corrected chi connectivity index (χ0v) is 10.6. The van der Waals surface area contributed by atoms with Crippen LogP contribution in [0.3, 0.4) is 0 Å². The summed E-state index contributed by atoms with van der Waals surface area (Å²) in [5.74, 6) is 0.659. The van der Waals surface area contributed by atoms with Crippen LogP contribution in [0.5, 0.6) is 0 Å². The number of aryl methyl sites for hydroxylation is 1. The van der Waals surface area contributed by atoms with Crippen LogP contribution < -0.4 is 0 Å². The molecular weight excluding hydrogens is 232 g/mol. The average Bonchev–Trinajstić information content (AvgIpc) is 3.06. The average molecular weight is 247 g/mol. The van der Waals surface area contributed by atoms with E-state index < -0.39 is 0 Å². The summed E-state index contributed by atoms with van der Waals surface area (Å²) in [7, 11) is 0. The third-order valence-corrected chi connectivity index (χ3v) is 3.46. The molecule has 0 amide bonds. The summed E-state index contributed by atoms with van der Waals surface area (Å²) < 4.78 is 1.89. The maximum Gasteiger partial charge on any atom is 0.127 e. The lowest BCUT2D eigenvalue weighted by Crippen LogP contribution is -2.02. The van der Waals surface area contributed by atoms with Gasteiger partial charge < -0.3 is 0 Å². The van der Waals surface area contributed by atoms with Crippen molar-refractivity contribution in [2.45, 2.75) is 32.2 Å². The van der Waals surface area contributed by atoms with Crippen LogP contribution in [0.1, 0.15) is 35.6 Å². The highest BCUT2D eigenvalue weighted by Gasteiger charge is 2.26. The molecule has 0 atom stereocenters. The molecule has 0 unspecified atom stereocenters. The summed E-state index contributed by atoms with van der Waals surface area (Å²) in [5.41, 5.74) is 3.67. The molecule has 0 radical (unpaired) electrons. The van der Waals surface area contributed by atoms with Gasteiger partial charge in [0.05, 0.1) is 12.2 Å². The molecule has 3 rings (SSSR count). The maximum absolute atomic E-state index is 6.21. The topological polar surface area (TPSA) is 17.8 Å². The van der Waals surface area contributed by atoms with Gasteiger partial charge in [0.15, 0.2) is 0 Å². The van der Waals surface area contributed by atoms with Crippen LogP contribution in [0, 0.1) is 6.92 Å². The fourth-order valence-corrected chi connectivity index (χ4v) is 2.29. The van der Waals surface area contributed by atoms with E-state index in [4.69, 9.17) is 11.6 Å². The second-order valence-corrected chi connectivity index (χ2v) is 5.20. The number of hydrogen-bond acceptors (Lipinski definition) is 1. The van der Waals surface area contributed by atoms with Gasteiger partial charge in [0.25, 0.3) is 0 Å². The highest BCUT2D eigenvalue weighted by Crippen LogP contribution is 2.40. The zero-order valence-electron chi connectivity index (χ0n) is 9.86. The van der Waals surface area contributed by atoms with Crippen molar-refractivity contribution in [1.29, 1.82) is 0 Å². The van der Waals surface area contributed by atoms with Crippen LogP contribution in [0.4, 0.5) is 0 Å². The van der Waals surface area contributed by atoms with E-state index in [0.29, 0.717) is 5.92 Å². The van der Waals surface area contributed by atoms with Crippen LogP contribution in [0.2, 0.25) is 5.15 Å². The Morgan fingerprint density at radius 3 is 2.88 bits per heavy atom. The van der Waals surface area contributed by atoms with Crippen molar-refractivity contribution in [3.63, 3.8) is 0 Å². The van der Waals surface area contributed by atoms with E-state index in [1.807, 2.05) is 10.7 Å². The molecule has 1 heterocycles. The maximum atomic E-state index is 6.21. The molecule has 1 aliphatic rings. The summed E-state index contributed by atoms with van der Waals surface area (Å²) in [6.45, 7) is 2.86. The second kappa shape index (κ2) is 4.19. The highest BCUT2D eigenvalue weighted by molar-refractivity contribution is 6.29. The first kappa shape index (κ1) is 10.8. The first-order valence-electron chi connectivity index (χ1n) is 6.01. The predicted molar refractivity (Wildman–Crippen MR) is 69.5 cm³/mol. The van der Waals surface area contributed by atoms with Gasteiger partial charge in [0.2, 0.25) is 0 Å². The molecule has 0 aliphatic heterocycles. The lowest BCUT2D eigenvalue weighted by atomic mass is 10.1. The van der Waals surface area contributed by atoms with E-state index in [2.05, 4.69) is 36.3 Å². The van der Waals surface area contributed by atoms with Gasteiger partial charge in [-0.15, -0.1) is 0 Å². The molecule has 1 aliphatic carbocycles. The van der Waals surface area contributed by atoms with Crippen molar-refractivity contribution < 1.29 is 0 Å². The Kier molecular flexibility index (Phi) is 2.67. The Morgan fingerprint density at radius 2 is 2.18 bits per heavy atom. The fourth-order valence-electron chi connectivity index (χ4n) is 2.09. The Bertz CT molecular complexity index is 541. The summed E-state index contributed by atoms with van der Waals surface area (Å²) >= 11 is 6.21. The molecule has 2 aromatic rings. The second-order valence-electron chi connectivity index (χ2n) is 4.81. The molecule has 0 saturated heterocycles. The molecule has 1 aromatic carbocycles. The number of benzene rings is 1. The molecule has 1 fully saturated rings. The van der Waals surface area contributed by atoms with Crippen LogP contribution in [0.15, 0.2) is 30.3 Å². The predicted octanol–water partition coefficient (Wildman–Crippen LogP) is 3.77. The molecule has 3 heteroatoms.